The molecule has 146 valence electrons. The summed E-state index contributed by atoms with van der Waals surface area (Å²) in [6, 6.07) is 4.47. The van der Waals surface area contributed by atoms with Gasteiger partial charge in [0.25, 0.3) is 5.91 Å². The number of carbonyl (C=O) groups is 1. The highest BCUT2D eigenvalue weighted by Gasteiger charge is 2.14. The molecule has 8 heteroatoms. The van der Waals surface area contributed by atoms with Gasteiger partial charge in [-0.2, -0.15) is 0 Å². The molecule has 3 N–H and O–H groups in total. The fourth-order valence-electron chi connectivity index (χ4n) is 2.41. The Morgan fingerprint density at radius 1 is 1.23 bits per heavy atom. The molecule has 0 heterocycles. The molecule has 0 unspecified atom stereocenters. The molecule has 0 saturated heterocycles. The van der Waals surface area contributed by atoms with Gasteiger partial charge in [0.1, 0.15) is 0 Å². The van der Waals surface area contributed by atoms with Crippen molar-refractivity contribution in [2.45, 2.75) is 51.3 Å². The summed E-state index contributed by atoms with van der Waals surface area (Å²) in [4.78, 5) is 12.4. The molecule has 0 bridgehead atoms. The maximum atomic E-state index is 12.3. The SMILES string of the molecule is CCCCC[C@H](C)CNC(=S)NNC(=O)c1cc(S(C)(=O)=O)ccc1C. The summed E-state index contributed by atoms with van der Waals surface area (Å²) in [6.07, 6.45) is 5.87. The Bertz CT molecular complexity index is 733. The Balaban J connectivity index is 2.52. The molecule has 0 spiro atoms. The number of hydrazine groups is 1. The number of hydrogen-bond donors (Lipinski definition) is 3. The highest BCUT2D eigenvalue weighted by Crippen LogP contribution is 2.15. The molecule has 1 atom stereocenters. The molecular weight excluding hydrogens is 370 g/mol. The second kappa shape index (κ2) is 10.5. The van der Waals surface area contributed by atoms with Crippen molar-refractivity contribution in [1.82, 2.24) is 16.2 Å². The maximum Gasteiger partial charge on any atom is 0.269 e. The van der Waals surface area contributed by atoms with E-state index in [0.717, 1.165) is 19.2 Å². The van der Waals surface area contributed by atoms with Crippen LogP contribution >= 0.6 is 12.2 Å². The number of sulfone groups is 1. The Kier molecular flexibility index (Phi) is 9.01. The van der Waals surface area contributed by atoms with Gasteiger partial charge in [-0.05, 0) is 49.2 Å². The average Bonchev–Trinajstić information content (AvgIpc) is 2.57. The first-order valence-electron chi connectivity index (χ1n) is 8.80. The molecule has 1 rings (SSSR count). The lowest BCUT2D eigenvalue weighted by atomic mass is 10.0. The molecule has 26 heavy (non-hydrogen) atoms. The van der Waals surface area contributed by atoms with Crippen molar-refractivity contribution in [2.75, 3.05) is 12.8 Å². The van der Waals surface area contributed by atoms with Gasteiger partial charge in [0.15, 0.2) is 14.9 Å². The van der Waals surface area contributed by atoms with Crippen LogP contribution in [0.3, 0.4) is 0 Å². The van der Waals surface area contributed by atoms with E-state index in [1.54, 1.807) is 13.0 Å². The van der Waals surface area contributed by atoms with Gasteiger partial charge in [0.05, 0.1) is 4.90 Å². The lowest BCUT2D eigenvalue weighted by molar-refractivity contribution is 0.0943. The van der Waals surface area contributed by atoms with Crippen molar-refractivity contribution in [1.29, 1.82) is 0 Å². The zero-order valence-corrected chi connectivity index (χ0v) is 17.5. The van der Waals surface area contributed by atoms with Gasteiger partial charge in [0, 0.05) is 18.4 Å². The highest BCUT2D eigenvalue weighted by molar-refractivity contribution is 7.90. The van der Waals surface area contributed by atoms with Crippen LogP contribution in [0.25, 0.3) is 0 Å². The first-order chi connectivity index (χ1) is 12.1. The van der Waals surface area contributed by atoms with Crippen LogP contribution < -0.4 is 16.2 Å². The van der Waals surface area contributed by atoms with Gasteiger partial charge in [-0.1, -0.05) is 39.2 Å². The van der Waals surface area contributed by atoms with Crippen molar-refractivity contribution in [3.63, 3.8) is 0 Å². The second-order valence-electron chi connectivity index (χ2n) is 6.64. The molecule has 0 aliphatic carbocycles. The topological polar surface area (TPSA) is 87.3 Å². The molecule has 1 aromatic rings. The van der Waals surface area contributed by atoms with E-state index < -0.39 is 15.7 Å². The zero-order chi connectivity index (χ0) is 19.7. The smallest absolute Gasteiger partial charge is 0.269 e. The molecule has 1 amide bonds. The van der Waals surface area contributed by atoms with E-state index in [2.05, 4.69) is 30.0 Å². The van der Waals surface area contributed by atoms with Crippen molar-refractivity contribution < 1.29 is 13.2 Å². The lowest BCUT2D eigenvalue weighted by Crippen LogP contribution is -2.47. The summed E-state index contributed by atoms with van der Waals surface area (Å²) in [6.45, 7) is 6.81. The van der Waals surface area contributed by atoms with Gasteiger partial charge in [-0.25, -0.2) is 8.42 Å². The van der Waals surface area contributed by atoms with Crippen molar-refractivity contribution in [2.24, 2.45) is 5.92 Å². The Hall–Kier alpha value is -1.67. The largest absolute Gasteiger partial charge is 0.361 e. The fourth-order valence-corrected chi connectivity index (χ4v) is 3.19. The first kappa shape index (κ1) is 22.4. The summed E-state index contributed by atoms with van der Waals surface area (Å²) in [5.74, 6) is 0.0545. The third-order valence-electron chi connectivity index (χ3n) is 4.08. The lowest BCUT2D eigenvalue weighted by Gasteiger charge is -2.16. The van der Waals surface area contributed by atoms with Crippen molar-refractivity contribution >= 4 is 33.1 Å². The van der Waals surface area contributed by atoms with E-state index in [4.69, 9.17) is 12.2 Å². The number of benzene rings is 1. The van der Waals surface area contributed by atoms with Gasteiger partial charge in [-0.3, -0.25) is 15.6 Å². The van der Waals surface area contributed by atoms with Crippen LogP contribution in [-0.2, 0) is 9.84 Å². The minimum atomic E-state index is -3.37. The van der Waals surface area contributed by atoms with Gasteiger partial charge in [0.2, 0.25) is 0 Å². The molecule has 0 fully saturated rings. The highest BCUT2D eigenvalue weighted by atomic mass is 32.2. The van der Waals surface area contributed by atoms with Gasteiger partial charge >= 0.3 is 0 Å². The van der Waals surface area contributed by atoms with E-state index in [1.807, 2.05) is 0 Å². The Labute approximate surface area is 162 Å². The second-order valence-corrected chi connectivity index (χ2v) is 9.06. The molecule has 1 aromatic carbocycles. The number of thiocarbonyl (C=S) groups is 1. The van der Waals surface area contributed by atoms with E-state index in [0.29, 0.717) is 16.6 Å². The van der Waals surface area contributed by atoms with E-state index in [-0.39, 0.29) is 10.5 Å². The van der Waals surface area contributed by atoms with Crippen molar-refractivity contribution in [3.05, 3.63) is 29.3 Å². The third kappa shape index (κ3) is 7.70. The first-order valence-corrected chi connectivity index (χ1v) is 11.1. The zero-order valence-electron chi connectivity index (χ0n) is 15.9. The van der Waals surface area contributed by atoms with Crippen LogP contribution in [0.2, 0.25) is 0 Å². The molecule has 0 aliphatic rings. The van der Waals surface area contributed by atoms with Crippen LogP contribution in [0, 0.1) is 12.8 Å². The van der Waals surface area contributed by atoms with Gasteiger partial charge in [-0.15, -0.1) is 0 Å². The summed E-state index contributed by atoms with van der Waals surface area (Å²) < 4.78 is 23.3. The predicted octanol–water partition coefficient (Wildman–Crippen LogP) is 2.72. The predicted molar refractivity (Wildman–Crippen MR) is 109 cm³/mol. The number of aryl methyl sites for hydroxylation is 1. The molecule has 0 aliphatic heterocycles. The monoisotopic (exact) mass is 399 g/mol. The number of rotatable bonds is 8. The van der Waals surface area contributed by atoms with Crippen LogP contribution in [0.5, 0.6) is 0 Å². The van der Waals surface area contributed by atoms with E-state index >= 15 is 0 Å². The van der Waals surface area contributed by atoms with E-state index in [1.165, 1.54) is 31.4 Å². The van der Waals surface area contributed by atoms with Gasteiger partial charge < -0.3 is 5.32 Å². The number of carbonyl (C=O) groups excluding carboxylic acids is 1. The Morgan fingerprint density at radius 2 is 1.92 bits per heavy atom. The number of nitrogens with one attached hydrogen (secondary N) is 3. The van der Waals surface area contributed by atoms with Crippen LogP contribution in [-0.4, -0.2) is 32.2 Å². The number of amides is 1. The molecule has 0 aromatic heterocycles. The van der Waals surface area contributed by atoms with Crippen LogP contribution in [0.15, 0.2) is 23.1 Å². The van der Waals surface area contributed by atoms with Crippen LogP contribution in [0.4, 0.5) is 0 Å². The average molecular weight is 400 g/mol. The molecule has 6 nitrogen and oxygen atoms in total. The third-order valence-corrected chi connectivity index (χ3v) is 5.44. The summed E-state index contributed by atoms with van der Waals surface area (Å²) in [5.41, 5.74) is 6.14. The minimum absolute atomic E-state index is 0.106. The Morgan fingerprint density at radius 3 is 2.54 bits per heavy atom. The normalized spacial score (nSPS) is 12.3. The quantitative estimate of drug-likeness (QED) is 0.354. The summed E-state index contributed by atoms with van der Waals surface area (Å²) in [5, 5.41) is 3.41. The van der Waals surface area contributed by atoms with E-state index in [9.17, 15) is 13.2 Å². The number of hydrogen-bond acceptors (Lipinski definition) is 4. The summed E-state index contributed by atoms with van der Waals surface area (Å²) >= 11 is 5.16. The minimum Gasteiger partial charge on any atom is -0.361 e. The number of unbranched alkanes of at least 4 members (excludes halogenated alkanes) is 2. The van der Waals surface area contributed by atoms with Crippen molar-refractivity contribution in [3.8, 4) is 0 Å². The molecule has 0 saturated carbocycles. The maximum absolute atomic E-state index is 12.3. The van der Waals surface area contributed by atoms with Crippen LogP contribution in [0.1, 0.15) is 55.5 Å². The summed E-state index contributed by atoms with van der Waals surface area (Å²) in [7, 11) is -3.37. The fraction of sp³-hybridized carbons (Fsp3) is 0.556. The molecule has 0 radical (unpaired) electrons. The standard InChI is InChI=1S/C18H29N3O3S2/c1-5-6-7-8-13(2)12-19-18(25)21-20-17(22)16-11-15(26(4,23)24)10-9-14(16)3/h9-11,13H,5-8,12H2,1-4H3,(H,20,22)(H2,19,21,25)/t13-/m0/s1. The molecular formula is C18H29N3O3S2.